The maximum Gasteiger partial charge on any atom is 0.352 e. The van der Waals surface area contributed by atoms with Crippen molar-refractivity contribution in [2.24, 2.45) is 5.16 Å². The number of fused-ring (bicyclic) bond motifs is 1. The SMILES string of the molecule is CO/N=C(/C(=O)N[C@@H]1C(=O)N2C(C(=O)O)=C(C[n+]3cccc(-c4cc(CO)nn4CCO)c3)CS[C@H]12)c1csc(N)n1. The molecule has 1 fully saturated rings. The molecule has 5 rings (SSSR count). The molecule has 220 valence electrons. The molecule has 6 N–H and O–H groups in total. The molecule has 3 aromatic rings. The first-order valence-electron chi connectivity index (χ1n) is 12.6. The van der Waals surface area contributed by atoms with E-state index in [1.807, 2.05) is 6.07 Å². The van der Waals surface area contributed by atoms with Crippen molar-refractivity contribution in [1.82, 2.24) is 25.0 Å². The van der Waals surface area contributed by atoms with Crippen LogP contribution in [0.2, 0.25) is 0 Å². The molecule has 2 aliphatic rings. The molecule has 0 spiro atoms. The van der Waals surface area contributed by atoms with Gasteiger partial charge in [-0.25, -0.2) is 14.3 Å². The van der Waals surface area contributed by atoms with E-state index in [-0.39, 0.29) is 48.5 Å². The maximum absolute atomic E-state index is 13.2. The van der Waals surface area contributed by atoms with Crippen molar-refractivity contribution in [3.63, 3.8) is 0 Å². The zero-order valence-electron chi connectivity index (χ0n) is 22.2. The summed E-state index contributed by atoms with van der Waals surface area (Å²) in [6, 6.07) is 4.38. The highest BCUT2D eigenvalue weighted by Gasteiger charge is 2.54. The number of aliphatic hydroxyl groups excluding tert-OH is 2. The third-order valence-electron chi connectivity index (χ3n) is 6.53. The topological polar surface area (TPSA) is 209 Å². The third-order valence-corrected chi connectivity index (χ3v) is 8.54. The number of hydrogen-bond donors (Lipinski definition) is 5. The molecular formula is C25H27N8O7S2+. The smallest absolute Gasteiger partial charge is 0.352 e. The van der Waals surface area contributed by atoms with E-state index in [9.17, 15) is 29.7 Å². The number of nitrogens with two attached hydrogens (primary N) is 1. The van der Waals surface area contributed by atoms with E-state index < -0.39 is 29.2 Å². The number of rotatable bonds is 11. The predicted molar refractivity (Wildman–Crippen MR) is 151 cm³/mol. The van der Waals surface area contributed by atoms with Crippen molar-refractivity contribution in [3.05, 3.63) is 58.6 Å². The average Bonchev–Trinajstić information content (AvgIpc) is 3.60. The minimum atomic E-state index is -1.25. The van der Waals surface area contributed by atoms with E-state index in [2.05, 4.69) is 20.6 Å². The van der Waals surface area contributed by atoms with Gasteiger partial charge in [-0.3, -0.25) is 19.2 Å². The largest absolute Gasteiger partial charge is 0.477 e. The number of nitrogens with one attached hydrogen (secondary N) is 1. The van der Waals surface area contributed by atoms with Crippen LogP contribution in [-0.4, -0.2) is 89.4 Å². The Bertz CT molecular complexity index is 1600. The Morgan fingerprint density at radius 1 is 1.36 bits per heavy atom. The van der Waals surface area contributed by atoms with Crippen LogP contribution in [0.25, 0.3) is 11.3 Å². The number of hydrogen-bond acceptors (Lipinski definition) is 12. The van der Waals surface area contributed by atoms with Crippen LogP contribution >= 0.6 is 23.1 Å². The van der Waals surface area contributed by atoms with Gasteiger partial charge in [-0.1, -0.05) is 5.16 Å². The first kappa shape index (κ1) is 29.2. The number of anilines is 1. The van der Waals surface area contributed by atoms with E-state index in [0.717, 1.165) is 16.9 Å². The average molecular weight is 616 g/mol. The van der Waals surface area contributed by atoms with Crippen LogP contribution in [-0.2, 0) is 38.9 Å². The summed E-state index contributed by atoms with van der Waals surface area (Å²) < 4.78 is 3.38. The van der Waals surface area contributed by atoms with Crippen molar-refractivity contribution in [1.29, 1.82) is 0 Å². The lowest BCUT2D eigenvalue weighted by Crippen LogP contribution is -2.71. The Hall–Kier alpha value is -4.32. The van der Waals surface area contributed by atoms with Crippen LogP contribution in [0.1, 0.15) is 11.4 Å². The summed E-state index contributed by atoms with van der Waals surface area (Å²) >= 11 is 2.45. The molecule has 2 amide bonds. The van der Waals surface area contributed by atoms with Crippen molar-refractivity contribution < 1.29 is 39.1 Å². The van der Waals surface area contributed by atoms with Crippen LogP contribution in [0.5, 0.6) is 0 Å². The summed E-state index contributed by atoms with van der Waals surface area (Å²) in [5, 5.41) is 40.8. The molecule has 15 nitrogen and oxygen atoms in total. The van der Waals surface area contributed by atoms with Gasteiger partial charge in [0.05, 0.1) is 36.7 Å². The summed E-state index contributed by atoms with van der Waals surface area (Å²) in [6.07, 6.45) is 3.58. The third kappa shape index (κ3) is 5.58. The number of carboxylic acids is 1. The van der Waals surface area contributed by atoms with Gasteiger partial charge in [0.2, 0.25) is 0 Å². The number of thiazole rings is 1. The fourth-order valence-electron chi connectivity index (χ4n) is 4.74. The minimum Gasteiger partial charge on any atom is -0.477 e. The van der Waals surface area contributed by atoms with Crippen LogP contribution in [0.3, 0.4) is 0 Å². The number of pyridine rings is 1. The first-order valence-corrected chi connectivity index (χ1v) is 14.5. The van der Waals surface area contributed by atoms with Crippen molar-refractivity contribution in [2.45, 2.75) is 31.1 Å². The molecule has 0 unspecified atom stereocenters. The van der Waals surface area contributed by atoms with E-state index in [4.69, 9.17) is 10.6 Å². The van der Waals surface area contributed by atoms with Gasteiger partial charge < -0.3 is 31.2 Å². The molecule has 42 heavy (non-hydrogen) atoms. The normalized spacial score (nSPS) is 18.5. The van der Waals surface area contributed by atoms with Crippen LogP contribution in [0, 0.1) is 0 Å². The quantitative estimate of drug-likeness (QED) is 0.0776. The van der Waals surface area contributed by atoms with E-state index in [1.54, 1.807) is 33.8 Å². The first-order chi connectivity index (χ1) is 20.2. The number of thioether (sulfide) groups is 1. The van der Waals surface area contributed by atoms with Gasteiger partial charge in [0.15, 0.2) is 29.8 Å². The van der Waals surface area contributed by atoms with E-state index >= 15 is 0 Å². The Kier molecular flexibility index (Phi) is 8.53. The van der Waals surface area contributed by atoms with Crippen LogP contribution in [0.4, 0.5) is 5.13 Å². The molecule has 0 aromatic carbocycles. The number of β-lactam (4-membered cyclic amide) rings is 1. The number of aliphatic carboxylic acids is 1. The van der Waals surface area contributed by atoms with Crippen LogP contribution < -0.4 is 15.6 Å². The molecule has 0 radical (unpaired) electrons. The van der Waals surface area contributed by atoms with Gasteiger partial charge in [0.25, 0.3) is 11.8 Å². The Morgan fingerprint density at radius 2 is 2.17 bits per heavy atom. The van der Waals surface area contributed by atoms with Crippen molar-refractivity contribution >= 4 is 51.7 Å². The number of carbonyl (C=O) groups is 3. The zero-order valence-corrected chi connectivity index (χ0v) is 23.8. The minimum absolute atomic E-state index is 0.127. The van der Waals surface area contributed by atoms with Crippen molar-refractivity contribution in [3.8, 4) is 11.3 Å². The van der Waals surface area contributed by atoms with Crippen LogP contribution in [0.15, 0.2) is 52.4 Å². The summed E-state index contributed by atoms with van der Waals surface area (Å²) in [5.74, 6) is -2.21. The van der Waals surface area contributed by atoms with E-state index in [1.165, 1.54) is 29.2 Å². The monoisotopic (exact) mass is 615 g/mol. The van der Waals surface area contributed by atoms with Gasteiger partial charge in [-0.05, 0) is 12.1 Å². The van der Waals surface area contributed by atoms with E-state index in [0.29, 0.717) is 22.7 Å². The Balaban J connectivity index is 1.36. The second kappa shape index (κ2) is 12.3. The Labute approximate surface area is 246 Å². The summed E-state index contributed by atoms with van der Waals surface area (Å²) in [7, 11) is 1.27. The zero-order chi connectivity index (χ0) is 30.0. The molecule has 2 atom stereocenters. The standard InChI is InChI=1S/C25H26N8O7S2/c1-40-30-18(16-12-42-25(26)27-16)21(36)28-19-22(37)33-20(24(38)39)14(11-41-23(19)33)9-31-4-2-3-13(8-31)17-7-15(10-35)29-32(17)5-6-34/h2-4,7-8,12,19,23,34-35H,5-6,9-11H2,1H3,(H3-,26,27,28,36,38,39)/p+1/b30-18+/t19-,23-/m1/s1. The number of nitrogen functional groups attached to an aromatic ring is 1. The number of aliphatic hydroxyl groups is 2. The molecular weight excluding hydrogens is 588 g/mol. The Morgan fingerprint density at radius 3 is 2.83 bits per heavy atom. The molecule has 2 aliphatic heterocycles. The molecule has 5 heterocycles. The molecule has 0 aliphatic carbocycles. The highest BCUT2D eigenvalue weighted by molar-refractivity contribution is 8.00. The highest BCUT2D eigenvalue weighted by Crippen LogP contribution is 2.40. The summed E-state index contributed by atoms with van der Waals surface area (Å²) in [5.41, 5.74) is 7.97. The molecule has 3 aromatic heterocycles. The van der Waals surface area contributed by atoms with Gasteiger partial charge in [-0.15, -0.1) is 23.1 Å². The predicted octanol–water partition coefficient (Wildman–Crippen LogP) is -0.850. The molecule has 1 saturated heterocycles. The summed E-state index contributed by atoms with van der Waals surface area (Å²) in [6.45, 7) is 0.0383. The van der Waals surface area contributed by atoms with Gasteiger partial charge in [0, 0.05) is 22.8 Å². The lowest BCUT2D eigenvalue weighted by atomic mass is 10.0. The van der Waals surface area contributed by atoms with Gasteiger partial charge >= 0.3 is 5.97 Å². The number of carboxylic acid groups (broad SMARTS) is 1. The lowest BCUT2D eigenvalue weighted by Gasteiger charge is -2.49. The second-order valence-electron chi connectivity index (χ2n) is 9.20. The molecule has 0 saturated carbocycles. The molecule has 0 bridgehead atoms. The number of amides is 2. The number of nitrogens with zero attached hydrogens (tertiary/aromatic N) is 6. The number of aromatic nitrogens is 4. The van der Waals surface area contributed by atoms with Gasteiger partial charge in [0.1, 0.15) is 29.9 Å². The number of carbonyl (C=O) groups excluding carboxylic acids is 2. The second-order valence-corrected chi connectivity index (χ2v) is 11.2. The fraction of sp³-hybridized carbons (Fsp3) is 0.320. The molecule has 17 heteroatoms. The van der Waals surface area contributed by atoms with Crippen molar-refractivity contribution in [2.75, 3.05) is 25.2 Å². The lowest BCUT2D eigenvalue weighted by molar-refractivity contribution is -0.688. The maximum atomic E-state index is 13.2. The highest BCUT2D eigenvalue weighted by atomic mass is 32.2. The van der Waals surface area contributed by atoms with Gasteiger partial charge in [-0.2, -0.15) is 5.10 Å². The number of oxime groups is 1. The summed E-state index contributed by atoms with van der Waals surface area (Å²) in [4.78, 5) is 48.5. The fourth-order valence-corrected chi connectivity index (χ4v) is 6.63.